The number of aromatic nitrogens is 2. The van der Waals surface area contributed by atoms with E-state index in [9.17, 15) is 0 Å². The molecule has 35 heavy (non-hydrogen) atoms. The number of alkyl halides is 2. The number of hydrogen-bond donors (Lipinski definition) is 1. The normalized spacial score (nSPS) is 31.1. The first-order valence-electron chi connectivity index (χ1n) is 13.3. The van der Waals surface area contributed by atoms with Crippen LogP contribution in [0, 0.1) is 0 Å². The van der Waals surface area contributed by atoms with Gasteiger partial charge in [0.2, 0.25) is 5.89 Å². The van der Waals surface area contributed by atoms with Gasteiger partial charge in [0.05, 0.1) is 12.2 Å². The highest BCUT2D eigenvalue weighted by Gasteiger charge is 2.49. The zero-order valence-corrected chi connectivity index (χ0v) is 22.0. The monoisotopic (exact) mass is 511 g/mol. The molecule has 0 aromatic carbocycles. The van der Waals surface area contributed by atoms with Crippen molar-refractivity contribution in [3.63, 3.8) is 0 Å². The average molecular weight is 512 g/mol. The molecular formula is C25H39F2N5O2S. The summed E-state index contributed by atoms with van der Waals surface area (Å²) in [5.74, 6) is -0.901. The third-order valence-corrected chi connectivity index (χ3v) is 8.82. The summed E-state index contributed by atoms with van der Waals surface area (Å²) in [4.78, 5) is 9.02. The highest BCUT2D eigenvalue weighted by molar-refractivity contribution is 7.80. The zero-order chi connectivity index (χ0) is 24.8. The van der Waals surface area contributed by atoms with E-state index in [1.165, 1.54) is 0 Å². The Morgan fingerprint density at radius 3 is 2.54 bits per heavy atom. The van der Waals surface area contributed by atoms with E-state index in [1.807, 2.05) is 4.90 Å². The van der Waals surface area contributed by atoms with E-state index in [0.29, 0.717) is 43.0 Å². The summed E-state index contributed by atoms with van der Waals surface area (Å²) in [5, 5.41) is 7.71. The topological polar surface area (TPSA) is 66.7 Å². The minimum absolute atomic E-state index is 0.000330. The second-order valence-corrected chi connectivity index (χ2v) is 11.9. The molecule has 7 nitrogen and oxygen atoms in total. The van der Waals surface area contributed by atoms with Gasteiger partial charge in [0.1, 0.15) is 6.04 Å². The molecule has 0 radical (unpaired) electrons. The van der Waals surface area contributed by atoms with Gasteiger partial charge in [-0.1, -0.05) is 12.1 Å². The van der Waals surface area contributed by atoms with Gasteiger partial charge in [-0.25, -0.2) is 8.78 Å². The predicted molar refractivity (Wildman–Crippen MR) is 133 cm³/mol. The van der Waals surface area contributed by atoms with Crippen molar-refractivity contribution in [1.29, 1.82) is 0 Å². The van der Waals surface area contributed by atoms with E-state index in [4.69, 9.17) is 21.5 Å². The molecule has 196 valence electrons. The van der Waals surface area contributed by atoms with Crippen molar-refractivity contribution in [3.8, 4) is 0 Å². The molecule has 2 aliphatic heterocycles. The molecule has 1 N–H and O–H groups in total. The van der Waals surface area contributed by atoms with Crippen LogP contribution >= 0.6 is 12.2 Å². The van der Waals surface area contributed by atoms with E-state index < -0.39 is 18.1 Å². The van der Waals surface area contributed by atoms with Gasteiger partial charge < -0.3 is 19.5 Å². The van der Waals surface area contributed by atoms with Crippen LogP contribution in [-0.2, 0) is 10.2 Å². The van der Waals surface area contributed by atoms with Crippen LogP contribution in [-0.4, -0.2) is 81.4 Å². The number of nitrogens with zero attached hydrogens (tertiary/aromatic N) is 4. The Morgan fingerprint density at radius 2 is 1.89 bits per heavy atom. The molecule has 3 heterocycles. The summed E-state index contributed by atoms with van der Waals surface area (Å²) in [7, 11) is 0. The number of likely N-dealkylation sites (tertiary alicyclic amines) is 2. The van der Waals surface area contributed by atoms with Crippen LogP contribution in [0.5, 0.6) is 0 Å². The summed E-state index contributed by atoms with van der Waals surface area (Å²) < 4.78 is 41.9. The fourth-order valence-corrected chi connectivity index (χ4v) is 6.00. The summed E-state index contributed by atoms with van der Waals surface area (Å²) in [6.07, 6.45) is 5.17. The Labute approximate surface area is 212 Å². The maximum atomic E-state index is 15.1. The molecule has 1 aromatic heterocycles. The molecule has 5 rings (SSSR count). The first-order valence-corrected chi connectivity index (χ1v) is 13.7. The van der Waals surface area contributed by atoms with Gasteiger partial charge in [0.15, 0.2) is 10.9 Å². The maximum absolute atomic E-state index is 15.1. The van der Waals surface area contributed by atoms with E-state index in [0.717, 1.165) is 56.9 Å². The van der Waals surface area contributed by atoms with Crippen LogP contribution in [0.25, 0.3) is 0 Å². The van der Waals surface area contributed by atoms with E-state index in [1.54, 1.807) is 0 Å². The molecule has 1 aromatic rings. The van der Waals surface area contributed by atoms with E-state index >= 15 is 8.78 Å². The lowest BCUT2D eigenvalue weighted by Crippen LogP contribution is -2.61. The Bertz CT molecular complexity index is 900. The van der Waals surface area contributed by atoms with Gasteiger partial charge in [-0.15, -0.1) is 0 Å². The van der Waals surface area contributed by atoms with Crippen molar-refractivity contribution in [2.75, 3.05) is 26.2 Å². The molecule has 2 aliphatic carbocycles. The van der Waals surface area contributed by atoms with Gasteiger partial charge in [0, 0.05) is 50.0 Å². The molecule has 2 saturated carbocycles. The van der Waals surface area contributed by atoms with E-state index in [2.05, 4.69) is 41.1 Å². The number of rotatable bonds is 6. The maximum Gasteiger partial charge on any atom is 0.270 e. The van der Waals surface area contributed by atoms with Crippen LogP contribution in [0.1, 0.15) is 89.8 Å². The molecular weight excluding hydrogens is 472 g/mol. The van der Waals surface area contributed by atoms with Crippen LogP contribution in [0.4, 0.5) is 8.78 Å². The zero-order valence-electron chi connectivity index (χ0n) is 21.1. The second kappa shape index (κ2) is 9.82. The lowest BCUT2D eigenvalue weighted by atomic mass is 9.79. The number of nitrogens with one attached hydrogen (secondary N) is 1. The standard InChI is InChI=1S/C25H39F2N5O2S/c1-16(2)32-12-8-18(15-32)33-19-5-4-9-25(26,27)20(19)28-23(35)31-13-10-24(3,11-14-31)22-29-21(34-30-22)17-6-7-17/h16-20H,4-15H2,1-3H3,(H,28,35)/t18-,19+,20-/m1/s1. The number of piperidine rings is 1. The summed E-state index contributed by atoms with van der Waals surface area (Å²) in [6.45, 7) is 9.58. The predicted octanol–water partition coefficient (Wildman–Crippen LogP) is 4.23. The highest BCUT2D eigenvalue weighted by atomic mass is 32.1. The van der Waals surface area contributed by atoms with Crippen LogP contribution in [0.15, 0.2) is 4.52 Å². The third kappa shape index (κ3) is 5.49. The van der Waals surface area contributed by atoms with Crippen molar-refractivity contribution in [3.05, 3.63) is 11.7 Å². The van der Waals surface area contributed by atoms with Gasteiger partial charge in [-0.3, -0.25) is 4.90 Å². The highest BCUT2D eigenvalue weighted by Crippen LogP contribution is 2.41. The fraction of sp³-hybridized carbons (Fsp3) is 0.880. The van der Waals surface area contributed by atoms with Crippen molar-refractivity contribution >= 4 is 17.3 Å². The molecule has 0 amide bonds. The molecule has 4 fully saturated rings. The molecule has 4 aliphatic rings. The lowest BCUT2D eigenvalue weighted by Gasteiger charge is -2.43. The fourth-order valence-electron chi connectivity index (χ4n) is 5.69. The summed E-state index contributed by atoms with van der Waals surface area (Å²) >= 11 is 5.65. The lowest BCUT2D eigenvalue weighted by molar-refractivity contribution is -0.136. The SMILES string of the molecule is CC(C)N1CC[C@@H](O[C@H]2CCCC(F)(F)[C@@H]2NC(=S)N2CCC(C)(c3noc(C4CC4)n3)CC2)C1. The Morgan fingerprint density at radius 1 is 1.14 bits per heavy atom. The summed E-state index contributed by atoms with van der Waals surface area (Å²) in [5.41, 5.74) is -0.187. The largest absolute Gasteiger partial charge is 0.371 e. The van der Waals surface area contributed by atoms with E-state index in [-0.39, 0.29) is 17.9 Å². The van der Waals surface area contributed by atoms with Crippen molar-refractivity contribution < 1.29 is 18.0 Å². The van der Waals surface area contributed by atoms with Gasteiger partial charge in [-0.05, 0) is 71.0 Å². The van der Waals surface area contributed by atoms with Gasteiger partial charge in [0.25, 0.3) is 5.92 Å². The first-order chi connectivity index (χ1) is 16.6. The van der Waals surface area contributed by atoms with Crippen molar-refractivity contribution in [2.45, 2.75) is 114 Å². The smallest absolute Gasteiger partial charge is 0.270 e. The van der Waals surface area contributed by atoms with Crippen molar-refractivity contribution in [2.24, 2.45) is 0 Å². The summed E-state index contributed by atoms with van der Waals surface area (Å²) in [6, 6.07) is -0.654. The first kappa shape index (κ1) is 25.3. The van der Waals surface area contributed by atoms with Crippen LogP contribution < -0.4 is 5.32 Å². The average Bonchev–Trinajstić information content (AvgIpc) is 3.33. The minimum Gasteiger partial charge on any atom is -0.371 e. The third-order valence-electron chi connectivity index (χ3n) is 8.44. The van der Waals surface area contributed by atoms with Crippen LogP contribution in [0.2, 0.25) is 0 Å². The second-order valence-electron chi connectivity index (χ2n) is 11.5. The molecule has 3 atom stereocenters. The number of thiocarbonyl (C=S) groups is 1. The van der Waals surface area contributed by atoms with Crippen molar-refractivity contribution in [1.82, 2.24) is 25.3 Å². The Kier molecular flexibility index (Phi) is 7.09. The molecule has 0 bridgehead atoms. The molecule has 2 saturated heterocycles. The van der Waals surface area contributed by atoms with Gasteiger partial charge >= 0.3 is 0 Å². The number of ether oxygens (including phenoxy) is 1. The molecule has 10 heteroatoms. The Balaban J connectivity index is 1.18. The molecule has 0 unspecified atom stereocenters. The van der Waals surface area contributed by atoms with Gasteiger partial charge in [-0.2, -0.15) is 4.98 Å². The number of halogens is 2. The Hall–Kier alpha value is -1.39. The minimum atomic E-state index is -2.85. The quantitative estimate of drug-likeness (QED) is 0.570. The number of hydrogen-bond acceptors (Lipinski definition) is 6. The molecule has 0 spiro atoms. The van der Waals surface area contributed by atoms with Crippen LogP contribution in [0.3, 0.4) is 0 Å².